The van der Waals surface area contributed by atoms with Gasteiger partial charge < -0.3 is 5.32 Å². The van der Waals surface area contributed by atoms with Gasteiger partial charge in [0.1, 0.15) is 0 Å². The van der Waals surface area contributed by atoms with Gasteiger partial charge in [0.2, 0.25) is 10.0 Å². The molecule has 2 aromatic carbocycles. The molecule has 138 valence electrons. The van der Waals surface area contributed by atoms with Gasteiger partial charge in [-0.2, -0.15) is 0 Å². The highest BCUT2D eigenvalue weighted by Crippen LogP contribution is 2.28. The number of carbonyl (C=O) groups is 1. The summed E-state index contributed by atoms with van der Waals surface area (Å²) in [7, 11) is -3.59. The molecule has 6 heteroatoms. The lowest BCUT2D eigenvalue weighted by atomic mass is 10.0. The largest absolute Gasteiger partial charge is 0.322 e. The molecule has 0 radical (unpaired) electrons. The number of rotatable bonds is 7. The third kappa shape index (κ3) is 4.71. The molecule has 5 nitrogen and oxygen atoms in total. The highest BCUT2D eigenvalue weighted by Gasteiger charge is 2.24. The highest BCUT2D eigenvalue weighted by atomic mass is 32.2. The number of hydrogen-bond acceptors (Lipinski definition) is 3. The van der Waals surface area contributed by atoms with Crippen LogP contribution in [0.25, 0.3) is 0 Å². The molecule has 0 saturated heterocycles. The molecule has 1 amide bonds. The van der Waals surface area contributed by atoms with Gasteiger partial charge in [-0.05, 0) is 60.6 Å². The predicted molar refractivity (Wildman–Crippen MR) is 103 cm³/mol. The molecule has 0 atom stereocenters. The van der Waals surface area contributed by atoms with Crippen LogP contribution in [0, 0.1) is 5.92 Å². The third-order valence-electron chi connectivity index (χ3n) is 4.50. The van der Waals surface area contributed by atoms with E-state index >= 15 is 0 Å². The second kappa shape index (κ2) is 7.60. The monoisotopic (exact) mass is 372 g/mol. The van der Waals surface area contributed by atoms with Crippen LogP contribution in [0.15, 0.2) is 53.4 Å². The maximum absolute atomic E-state index is 12.5. The van der Waals surface area contributed by atoms with Crippen molar-refractivity contribution >= 4 is 21.6 Å². The Morgan fingerprint density at radius 3 is 2.42 bits per heavy atom. The van der Waals surface area contributed by atoms with Crippen LogP contribution in [-0.4, -0.2) is 20.9 Å². The van der Waals surface area contributed by atoms with Gasteiger partial charge in [0.15, 0.2) is 0 Å². The Morgan fingerprint density at radius 1 is 1.12 bits per heavy atom. The second-order valence-corrected chi connectivity index (χ2v) is 8.82. The highest BCUT2D eigenvalue weighted by molar-refractivity contribution is 7.89. The summed E-state index contributed by atoms with van der Waals surface area (Å²) >= 11 is 0. The molecule has 1 fully saturated rings. The van der Waals surface area contributed by atoms with E-state index in [-0.39, 0.29) is 10.8 Å². The van der Waals surface area contributed by atoms with Crippen molar-refractivity contribution in [3.63, 3.8) is 0 Å². The van der Waals surface area contributed by atoms with Crippen molar-refractivity contribution < 1.29 is 13.2 Å². The summed E-state index contributed by atoms with van der Waals surface area (Å²) in [5.74, 6) is 0.538. The van der Waals surface area contributed by atoms with Crippen molar-refractivity contribution in [1.29, 1.82) is 0 Å². The van der Waals surface area contributed by atoms with Crippen LogP contribution in [0.1, 0.15) is 48.5 Å². The van der Waals surface area contributed by atoms with E-state index in [2.05, 4.69) is 23.9 Å². The minimum atomic E-state index is -3.59. The van der Waals surface area contributed by atoms with E-state index < -0.39 is 10.0 Å². The van der Waals surface area contributed by atoms with Gasteiger partial charge in [-0.3, -0.25) is 4.79 Å². The SMILES string of the molecule is CC(C)c1ccc(NC(=O)c2cccc(S(=O)(=O)NCC3CC3)c2)cc1. The number of sulfonamides is 1. The zero-order valence-corrected chi connectivity index (χ0v) is 15.8. The lowest BCUT2D eigenvalue weighted by molar-refractivity contribution is 0.102. The number of anilines is 1. The van der Waals surface area contributed by atoms with E-state index in [1.54, 1.807) is 12.1 Å². The maximum atomic E-state index is 12.5. The van der Waals surface area contributed by atoms with E-state index in [1.807, 2.05) is 24.3 Å². The molecule has 0 heterocycles. The van der Waals surface area contributed by atoms with E-state index in [4.69, 9.17) is 0 Å². The molecule has 26 heavy (non-hydrogen) atoms. The summed E-state index contributed by atoms with van der Waals surface area (Å²) in [6.07, 6.45) is 2.14. The molecule has 0 bridgehead atoms. The molecular weight excluding hydrogens is 348 g/mol. The first kappa shape index (κ1) is 18.6. The minimum absolute atomic E-state index is 0.112. The Balaban J connectivity index is 1.71. The lowest BCUT2D eigenvalue weighted by Gasteiger charge is -2.10. The van der Waals surface area contributed by atoms with Crippen molar-refractivity contribution in [2.45, 2.75) is 37.5 Å². The standard InChI is InChI=1S/C20H24N2O3S/c1-14(2)16-8-10-18(11-9-16)22-20(23)17-4-3-5-19(12-17)26(24,25)21-13-15-6-7-15/h3-5,8-12,14-15,21H,6-7,13H2,1-2H3,(H,22,23). The fourth-order valence-electron chi connectivity index (χ4n) is 2.59. The molecule has 0 spiro atoms. The number of amides is 1. The second-order valence-electron chi connectivity index (χ2n) is 7.05. The molecule has 2 N–H and O–H groups in total. The number of nitrogens with one attached hydrogen (secondary N) is 2. The van der Waals surface area contributed by atoms with Gasteiger partial charge in [0, 0.05) is 17.8 Å². The van der Waals surface area contributed by atoms with Crippen molar-refractivity contribution in [3.05, 3.63) is 59.7 Å². The fourth-order valence-corrected chi connectivity index (χ4v) is 3.75. The van der Waals surface area contributed by atoms with Crippen LogP contribution < -0.4 is 10.0 Å². The van der Waals surface area contributed by atoms with Crippen molar-refractivity contribution in [2.75, 3.05) is 11.9 Å². The first-order valence-corrected chi connectivity index (χ1v) is 10.3. The number of benzene rings is 2. The first-order chi connectivity index (χ1) is 12.3. The zero-order valence-electron chi connectivity index (χ0n) is 15.0. The third-order valence-corrected chi connectivity index (χ3v) is 5.92. The normalized spacial score (nSPS) is 14.4. The van der Waals surface area contributed by atoms with Gasteiger partial charge in [-0.15, -0.1) is 0 Å². The van der Waals surface area contributed by atoms with Crippen molar-refractivity contribution in [1.82, 2.24) is 4.72 Å². The van der Waals surface area contributed by atoms with Gasteiger partial charge in [-0.25, -0.2) is 13.1 Å². The Hall–Kier alpha value is -2.18. The molecule has 2 aromatic rings. The van der Waals surface area contributed by atoms with Crippen molar-refractivity contribution in [3.8, 4) is 0 Å². The minimum Gasteiger partial charge on any atom is -0.322 e. The van der Waals surface area contributed by atoms with Crippen LogP contribution in [-0.2, 0) is 10.0 Å². The van der Waals surface area contributed by atoms with Crippen LogP contribution in [0.5, 0.6) is 0 Å². The topological polar surface area (TPSA) is 75.3 Å². The average molecular weight is 372 g/mol. The maximum Gasteiger partial charge on any atom is 0.255 e. The summed E-state index contributed by atoms with van der Waals surface area (Å²) in [6.45, 7) is 4.68. The molecule has 0 aromatic heterocycles. The van der Waals surface area contributed by atoms with Crippen LogP contribution >= 0.6 is 0 Å². The number of carbonyl (C=O) groups excluding carboxylic acids is 1. The summed E-state index contributed by atoms with van der Waals surface area (Å²) in [6, 6.07) is 13.8. The quantitative estimate of drug-likeness (QED) is 0.777. The Labute approximate surface area is 154 Å². The van der Waals surface area contributed by atoms with E-state index in [9.17, 15) is 13.2 Å². The molecular formula is C20H24N2O3S. The Bertz CT molecular complexity index is 886. The Kier molecular flexibility index (Phi) is 5.44. The predicted octanol–water partition coefficient (Wildman–Crippen LogP) is 3.75. The number of hydrogen-bond donors (Lipinski definition) is 2. The van der Waals surface area contributed by atoms with Gasteiger partial charge >= 0.3 is 0 Å². The van der Waals surface area contributed by atoms with E-state index in [0.717, 1.165) is 12.8 Å². The summed E-state index contributed by atoms with van der Waals surface area (Å²) < 4.78 is 27.3. The summed E-state index contributed by atoms with van der Waals surface area (Å²) in [4.78, 5) is 12.6. The average Bonchev–Trinajstić information content (AvgIpc) is 3.45. The smallest absolute Gasteiger partial charge is 0.255 e. The first-order valence-electron chi connectivity index (χ1n) is 8.86. The molecule has 3 rings (SSSR count). The Morgan fingerprint density at radius 2 is 1.81 bits per heavy atom. The van der Waals surface area contributed by atoms with Gasteiger partial charge in [0.25, 0.3) is 5.91 Å². The summed E-state index contributed by atoms with van der Waals surface area (Å²) in [5, 5.41) is 2.81. The molecule has 0 unspecified atom stereocenters. The van der Waals surface area contributed by atoms with Crippen LogP contribution in [0.2, 0.25) is 0 Å². The molecule has 0 aliphatic heterocycles. The lowest BCUT2D eigenvalue weighted by Crippen LogP contribution is -2.26. The van der Waals surface area contributed by atoms with Gasteiger partial charge in [0.05, 0.1) is 4.90 Å². The van der Waals surface area contributed by atoms with Crippen LogP contribution in [0.3, 0.4) is 0 Å². The molecule has 1 saturated carbocycles. The summed E-state index contributed by atoms with van der Waals surface area (Å²) in [5.41, 5.74) is 2.18. The van der Waals surface area contributed by atoms with Gasteiger partial charge in [-0.1, -0.05) is 32.0 Å². The van der Waals surface area contributed by atoms with Crippen LogP contribution in [0.4, 0.5) is 5.69 Å². The van der Waals surface area contributed by atoms with E-state index in [0.29, 0.717) is 29.6 Å². The molecule has 1 aliphatic carbocycles. The van der Waals surface area contributed by atoms with Crippen molar-refractivity contribution in [2.24, 2.45) is 5.92 Å². The molecule has 1 aliphatic rings. The fraction of sp³-hybridized carbons (Fsp3) is 0.350. The zero-order chi connectivity index (χ0) is 18.7. The van der Waals surface area contributed by atoms with E-state index in [1.165, 1.54) is 17.7 Å².